The van der Waals surface area contributed by atoms with Crippen LogP contribution in [0.25, 0.3) is 0 Å². The van der Waals surface area contributed by atoms with E-state index in [-0.39, 0.29) is 17.1 Å². The maximum atomic E-state index is 9.01. The first-order valence-corrected chi connectivity index (χ1v) is 3.58. The molecule has 0 saturated heterocycles. The van der Waals surface area contributed by atoms with Crippen LogP contribution in [0.4, 0.5) is 0 Å². The molecule has 1 radical (unpaired) electrons. The molecule has 0 spiro atoms. The Kier molecular flexibility index (Phi) is 20.1. The summed E-state index contributed by atoms with van der Waals surface area (Å²) in [5.74, 6) is -2.88. The van der Waals surface area contributed by atoms with E-state index in [1.807, 2.05) is 0 Å². The normalized spacial score (nSPS) is 7.12. The van der Waals surface area contributed by atoms with Gasteiger partial charge in [-0.05, 0) is 0 Å². The van der Waals surface area contributed by atoms with Crippen LogP contribution in [-0.4, -0.2) is 45.3 Å². The largest absolute Gasteiger partial charge is 2.00 e. The first kappa shape index (κ1) is 20.1. The number of aliphatic hydroxyl groups is 2. The van der Waals surface area contributed by atoms with E-state index in [4.69, 9.17) is 30.0 Å². The third-order valence-electron chi connectivity index (χ3n) is 0.664. The molecule has 95 valence electrons. The van der Waals surface area contributed by atoms with Crippen LogP contribution in [0.15, 0.2) is 18.7 Å². The molecule has 1 aromatic rings. The molecule has 0 aliphatic carbocycles. The summed E-state index contributed by atoms with van der Waals surface area (Å²) in [4.78, 5) is 24.4. The second kappa shape index (κ2) is 16.0. The fourth-order valence-electron chi connectivity index (χ4n) is 0.215. The molecule has 0 fully saturated rings. The number of carbonyl (C=O) groups is 2. The number of aliphatic hydroxyl groups excluding tert-OH is 2. The monoisotopic (exact) mass is 281 g/mol. The van der Waals surface area contributed by atoms with Crippen molar-refractivity contribution in [3.63, 3.8) is 0 Å². The zero-order chi connectivity index (χ0) is 12.1. The van der Waals surface area contributed by atoms with E-state index in [2.05, 4.69) is 9.97 Å². The molecule has 3 N–H and O–H groups in total. The van der Waals surface area contributed by atoms with Gasteiger partial charge >= 0.3 is 17.1 Å². The van der Waals surface area contributed by atoms with E-state index in [0.717, 1.165) is 0 Å². The Bertz CT molecular complexity index is 222. The van der Waals surface area contributed by atoms with Crippen LogP contribution < -0.4 is 10.2 Å². The average Bonchev–Trinajstić information content (AvgIpc) is 2.76. The molecule has 8 nitrogen and oxygen atoms in total. The van der Waals surface area contributed by atoms with Gasteiger partial charge in [0.25, 0.3) is 0 Å². The van der Waals surface area contributed by atoms with Gasteiger partial charge in [-0.1, -0.05) is 0 Å². The Morgan fingerprint density at radius 1 is 1.19 bits per heavy atom. The van der Waals surface area contributed by atoms with Crippen LogP contribution in [0, 0.1) is 0 Å². The standard InChI is InChI=1S/C3H4N2.2C2H4O3.Cu/c1-2-5-3-4-1;2*3-1-2(4)5;/h1-3H,(H,4,5);2*3H,1H2,(H,4,5);/q;;;+2/p-2. The first-order valence-electron chi connectivity index (χ1n) is 3.58. The van der Waals surface area contributed by atoms with Gasteiger partial charge < -0.3 is 35.0 Å². The number of hydrogen-bond acceptors (Lipinski definition) is 7. The van der Waals surface area contributed by atoms with Crippen LogP contribution in [0.2, 0.25) is 0 Å². The molecule has 1 aromatic heterocycles. The van der Waals surface area contributed by atoms with Crippen molar-refractivity contribution in [1.82, 2.24) is 9.97 Å². The minimum atomic E-state index is -1.44. The van der Waals surface area contributed by atoms with E-state index in [9.17, 15) is 0 Å². The SMILES string of the molecule is O=C([O-])CO.O=C([O-])CO.[Cu+2].c1c[nH]cn1. The summed E-state index contributed by atoms with van der Waals surface area (Å²) in [6.07, 6.45) is 5.08. The number of H-pyrrole nitrogens is 1. The van der Waals surface area contributed by atoms with Crippen molar-refractivity contribution in [3.8, 4) is 0 Å². The molecule has 9 heteroatoms. The fraction of sp³-hybridized carbons (Fsp3) is 0.286. The molecular formula is C7H10CuN2O6. The summed E-state index contributed by atoms with van der Waals surface area (Å²) >= 11 is 0. The zero-order valence-corrected chi connectivity index (χ0v) is 8.86. The van der Waals surface area contributed by atoms with Gasteiger partial charge in [-0.15, -0.1) is 0 Å². The molecule has 0 aliphatic heterocycles. The maximum Gasteiger partial charge on any atom is 2.00 e. The molecule has 0 atom stereocenters. The molecule has 0 saturated carbocycles. The van der Waals surface area contributed by atoms with E-state index >= 15 is 0 Å². The van der Waals surface area contributed by atoms with Gasteiger partial charge in [-0.3, -0.25) is 0 Å². The molecule has 16 heavy (non-hydrogen) atoms. The van der Waals surface area contributed by atoms with Crippen molar-refractivity contribution in [1.29, 1.82) is 0 Å². The zero-order valence-electron chi connectivity index (χ0n) is 7.92. The number of nitrogens with one attached hydrogen (secondary N) is 1. The number of carbonyl (C=O) groups excluding carboxylic acids is 2. The quantitative estimate of drug-likeness (QED) is 0.466. The third-order valence-corrected chi connectivity index (χ3v) is 0.664. The van der Waals surface area contributed by atoms with E-state index in [1.165, 1.54) is 0 Å². The predicted molar refractivity (Wildman–Crippen MR) is 42.8 cm³/mol. The van der Waals surface area contributed by atoms with Crippen LogP contribution in [-0.2, 0) is 26.7 Å². The average molecular weight is 282 g/mol. The summed E-state index contributed by atoms with van der Waals surface area (Å²) in [6, 6.07) is 0. The number of carboxylic acid groups (broad SMARTS) is 2. The number of aromatic amines is 1. The predicted octanol–water partition coefficient (Wildman–Crippen LogP) is -4.14. The summed E-state index contributed by atoms with van der Waals surface area (Å²) in [6.45, 7) is -1.78. The molecule has 0 unspecified atom stereocenters. The molecule has 0 aromatic carbocycles. The molecular weight excluding hydrogens is 272 g/mol. The fourth-order valence-corrected chi connectivity index (χ4v) is 0.215. The van der Waals surface area contributed by atoms with E-state index in [0.29, 0.717) is 0 Å². The van der Waals surface area contributed by atoms with E-state index < -0.39 is 25.2 Å². The summed E-state index contributed by atoms with van der Waals surface area (Å²) in [7, 11) is 0. The number of rotatable bonds is 2. The Morgan fingerprint density at radius 2 is 1.56 bits per heavy atom. The van der Waals surface area contributed by atoms with Crippen molar-refractivity contribution < 1.29 is 47.1 Å². The Hall–Kier alpha value is -1.41. The summed E-state index contributed by atoms with van der Waals surface area (Å²) < 4.78 is 0. The Balaban J connectivity index is -0.000000154. The number of nitrogens with zero attached hydrogens (tertiary/aromatic N) is 1. The molecule has 0 bridgehead atoms. The van der Waals surface area contributed by atoms with Gasteiger partial charge in [0.05, 0.1) is 31.5 Å². The van der Waals surface area contributed by atoms with Gasteiger partial charge in [-0.2, -0.15) is 0 Å². The topological polar surface area (TPSA) is 149 Å². The number of aromatic nitrogens is 2. The molecule has 0 aliphatic rings. The van der Waals surface area contributed by atoms with Crippen molar-refractivity contribution >= 4 is 11.9 Å². The van der Waals surface area contributed by atoms with Gasteiger partial charge in [0.2, 0.25) is 0 Å². The smallest absolute Gasteiger partial charge is 0.548 e. The van der Waals surface area contributed by atoms with Crippen molar-refractivity contribution in [2.24, 2.45) is 0 Å². The molecule has 0 amide bonds. The second-order valence-electron chi connectivity index (χ2n) is 1.82. The minimum Gasteiger partial charge on any atom is -0.548 e. The van der Waals surface area contributed by atoms with Crippen LogP contribution in [0.3, 0.4) is 0 Å². The molecule has 1 heterocycles. The van der Waals surface area contributed by atoms with Gasteiger partial charge in [0.1, 0.15) is 0 Å². The number of hydrogen-bond donors (Lipinski definition) is 3. The van der Waals surface area contributed by atoms with Crippen LogP contribution >= 0.6 is 0 Å². The van der Waals surface area contributed by atoms with Crippen LogP contribution in [0.5, 0.6) is 0 Å². The maximum absolute atomic E-state index is 9.01. The van der Waals surface area contributed by atoms with Crippen molar-refractivity contribution in [2.75, 3.05) is 13.2 Å². The van der Waals surface area contributed by atoms with Gasteiger partial charge in [-0.25, -0.2) is 4.98 Å². The first-order chi connectivity index (χ1) is 7.04. The Labute approximate surface area is 101 Å². The third kappa shape index (κ3) is 29.4. The van der Waals surface area contributed by atoms with Gasteiger partial charge in [0, 0.05) is 12.4 Å². The second-order valence-corrected chi connectivity index (χ2v) is 1.82. The number of aliphatic carboxylic acids is 2. The minimum absolute atomic E-state index is 0. The number of imidazole rings is 1. The van der Waals surface area contributed by atoms with Crippen molar-refractivity contribution in [3.05, 3.63) is 18.7 Å². The van der Waals surface area contributed by atoms with E-state index in [1.54, 1.807) is 18.7 Å². The molecule has 1 rings (SSSR count). The summed E-state index contributed by atoms with van der Waals surface area (Å²) in [5.41, 5.74) is 0. The van der Waals surface area contributed by atoms with Crippen LogP contribution in [0.1, 0.15) is 0 Å². The van der Waals surface area contributed by atoms with Gasteiger partial charge in [0.15, 0.2) is 0 Å². The summed E-state index contributed by atoms with van der Waals surface area (Å²) in [5, 5.41) is 33.0. The van der Waals surface area contributed by atoms with Crippen molar-refractivity contribution in [2.45, 2.75) is 0 Å². The Morgan fingerprint density at radius 3 is 1.62 bits per heavy atom. The number of carboxylic acids is 2.